The fourth-order valence-electron chi connectivity index (χ4n) is 2.46. The number of H-pyrrole nitrogens is 1. The normalized spacial score (nSPS) is 18.8. The summed E-state index contributed by atoms with van der Waals surface area (Å²) in [6.45, 7) is 3.94. The van der Waals surface area contributed by atoms with Crippen molar-refractivity contribution in [1.82, 2.24) is 19.9 Å². The predicted molar refractivity (Wildman–Crippen MR) is 89.1 cm³/mol. The van der Waals surface area contributed by atoms with E-state index in [-0.39, 0.29) is 0 Å². The van der Waals surface area contributed by atoms with Gasteiger partial charge in [-0.15, -0.1) is 0 Å². The van der Waals surface area contributed by atoms with Crippen molar-refractivity contribution in [3.8, 4) is 0 Å². The lowest BCUT2D eigenvalue weighted by Gasteiger charge is -2.21. The summed E-state index contributed by atoms with van der Waals surface area (Å²) in [6.07, 6.45) is 6.69. The Balaban J connectivity index is 1.73. The molecule has 2 aromatic heterocycles. The number of anilines is 2. The van der Waals surface area contributed by atoms with Gasteiger partial charge in [0.05, 0.1) is 6.33 Å². The first kappa shape index (κ1) is 14.4. The lowest BCUT2D eigenvalue weighted by molar-refractivity contribution is 0.677. The number of nitrogens with zero attached hydrogens (tertiary/aromatic N) is 3. The van der Waals surface area contributed by atoms with Gasteiger partial charge in [0.25, 0.3) is 0 Å². The van der Waals surface area contributed by atoms with Gasteiger partial charge >= 0.3 is 0 Å². The molecule has 1 fully saturated rings. The Bertz CT molecular complexity index is 578. The zero-order valence-corrected chi connectivity index (χ0v) is 13.2. The molecule has 3 heterocycles. The van der Waals surface area contributed by atoms with Crippen LogP contribution in [0.3, 0.4) is 0 Å². The molecule has 2 aromatic rings. The number of fused-ring (bicyclic) bond motifs is 1. The molecule has 0 bridgehead atoms. The molecule has 6 nitrogen and oxygen atoms in total. The highest BCUT2D eigenvalue weighted by atomic mass is 32.2. The summed E-state index contributed by atoms with van der Waals surface area (Å²) in [5, 5.41) is 7.39. The fourth-order valence-corrected chi connectivity index (χ4v) is 3.69. The van der Waals surface area contributed by atoms with Crippen molar-refractivity contribution in [2.24, 2.45) is 0 Å². The standard InChI is InChI=1S/C14H22N6S/c1-2-6-15-14-19-12(11-13(20-14)18-9-17-11)16-8-10-5-3-4-7-21-10/h9-10H,2-8H2,1H3,(H3,15,16,17,18,19,20). The van der Waals surface area contributed by atoms with Crippen LogP contribution in [0.15, 0.2) is 6.33 Å². The SMILES string of the molecule is CCCNc1nc(NCC2CCCCS2)c2[nH]cnc2n1. The fraction of sp³-hybridized carbons (Fsp3) is 0.643. The molecule has 114 valence electrons. The molecule has 0 amide bonds. The van der Waals surface area contributed by atoms with Gasteiger partial charge in [0.2, 0.25) is 5.95 Å². The van der Waals surface area contributed by atoms with Crippen LogP contribution in [-0.4, -0.2) is 44.0 Å². The third-order valence-corrected chi connectivity index (χ3v) is 4.99. The van der Waals surface area contributed by atoms with Gasteiger partial charge < -0.3 is 15.6 Å². The van der Waals surface area contributed by atoms with Gasteiger partial charge in [-0.25, -0.2) is 4.98 Å². The smallest absolute Gasteiger partial charge is 0.226 e. The Kier molecular flexibility index (Phi) is 4.80. The van der Waals surface area contributed by atoms with E-state index in [1.807, 2.05) is 0 Å². The second-order valence-electron chi connectivity index (χ2n) is 5.29. The van der Waals surface area contributed by atoms with E-state index in [2.05, 4.69) is 49.3 Å². The van der Waals surface area contributed by atoms with Crippen LogP contribution >= 0.6 is 11.8 Å². The minimum absolute atomic E-state index is 0.648. The van der Waals surface area contributed by atoms with Gasteiger partial charge in [-0.1, -0.05) is 13.3 Å². The highest BCUT2D eigenvalue weighted by molar-refractivity contribution is 7.99. The molecule has 1 aliphatic heterocycles. The molecule has 1 aliphatic rings. The van der Waals surface area contributed by atoms with E-state index in [9.17, 15) is 0 Å². The number of imidazole rings is 1. The Labute approximate surface area is 128 Å². The predicted octanol–water partition coefficient (Wildman–Crippen LogP) is 2.87. The van der Waals surface area contributed by atoms with Gasteiger partial charge in [-0.2, -0.15) is 21.7 Å². The van der Waals surface area contributed by atoms with Crippen LogP contribution in [0.1, 0.15) is 32.6 Å². The van der Waals surface area contributed by atoms with E-state index in [1.165, 1.54) is 25.0 Å². The summed E-state index contributed by atoms with van der Waals surface area (Å²) in [5.74, 6) is 2.77. The third-order valence-electron chi connectivity index (χ3n) is 3.59. The van der Waals surface area contributed by atoms with Crippen molar-refractivity contribution in [2.75, 3.05) is 29.5 Å². The average Bonchev–Trinajstić information content (AvgIpc) is 3.00. The molecule has 0 aliphatic carbocycles. The zero-order valence-electron chi connectivity index (χ0n) is 12.4. The van der Waals surface area contributed by atoms with Crippen LogP contribution in [0, 0.1) is 0 Å². The minimum atomic E-state index is 0.648. The van der Waals surface area contributed by atoms with Crippen molar-refractivity contribution in [2.45, 2.75) is 37.9 Å². The van der Waals surface area contributed by atoms with E-state index >= 15 is 0 Å². The van der Waals surface area contributed by atoms with Gasteiger partial charge in [-0.05, 0) is 25.0 Å². The molecule has 0 radical (unpaired) electrons. The lowest BCUT2D eigenvalue weighted by Crippen LogP contribution is -2.21. The molecule has 1 saturated heterocycles. The first-order valence-corrected chi connectivity index (χ1v) is 8.72. The maximum Gasteiger partial charge on any atom is 0.226 e. The number of hydrogen-bond donors (Lipinski definition) is 3. The van der Waals surface area contributed by atoms with Crippen LogP contribution in [0.4, 0.5) is 11.8 Å². The summed E-state index contributed by atoms with van der Waals surface area (Å²) < 4.78 is 0. The van der Waals surface area contributed by atoms with Crippen molar-refractivity contribution in [3.05, 3.63) is 6.33 Å². The van der Waals surface area contributed by atoms with Gasteiger partial charge in [0.1, 0.15) is 5.52 Å². The largest absolute Gasteiger partial charge is 0.367 e. The van der Waals surface area contributed by atoms with Crippen molar-refractivity contribution < 1.29 is 0 Å². The van der Waals surface area contributed by atoms with E-state index < -0.39 is 0 Å². The number of rotatable bonds is 6. The minimum Gasteiger partial charge on any atom is -0.367 e. The molecule has 0 saturated carbocycles. The van der Waals surface area contributed by atoms with Crippen molar-refractivity contribution in [3.63, 3.8) is 0 Å². The van der Waals surface area contributed by atoms with Gasteiger partial charge in [0, 0.05) is 18.3 Å². The molecular formula is C14H22N6S. The van der Waals surface area contributed by atoms with Crippen LogP contribution in [0.2, 0.25) is 0 Å². The number of hydrogen-bond acceptors (Lipinski definition) is 6. The second kappa shape index (κ2) is 6.98. The number of thioether (sulfide) groups is 1. The summed E-state index contributed by atoms with van der Waals surface area (Å²) in [4.78, 5) is 16.4. The second-order valence-corrected chi connectivity index (χ2v) is 6.70. The van der Waals surface area contributed by atoms with Crippen molar-refractivity contribution in [1.29, 1.82) is 0 Å². The third kappa shape index (κ3) is 3.58. The number of nitrogens with one attached hydrogen (secondary N) is 3. The summed E-state index contributed by atoms with van der Waals surface area (Å²) >= 11 is 2.06. The summed E-state index contributed by atoms with van der Waals surface area (Å²) in [6, 6.07) is 0. The Hall–Kier alpha value is -1.50. The van der Waals surface area contributed by atoms with E-state index in [1.54, 1.807) is 6.33 Å². The molecular weight excluding hydrogens is 284 g/mol. The first-order valence-electron chi connectivity index (χ1n) is 7.67. The molecule has 0 aromatic carbocycles. The molecule has 1 unspecified atom stereocenters. The maximum atomic E-state index is 4.58. The topological polar surface area (TPSA) is 78.5 Å². The van der Waals surface area contributed by atoms with E-state index in [0.29, 0.717) is 16.8 Å². The zero-order chi connectivity index (χ0) is 14.5. The molecule has 1 atom stereocenters. The first-order chi connectivity index (χ1) is 10.4. The molecule has 0 spiro atoms. The number of aromatic amines is 1. The number of aromatic nitrogens is 4. The quantitative estimate of drug-likeness (QED) is 0.761. The highest BCUT2D eigenvalue weighted by Crippen LogP contribution is 2.26. The molecule has 21 heavy (non-hydrogen) atoms. The average molecular weight is 306 g/mol. The van der Waals surface area contributed by atoms with Crippen LogP contribution in [0.5, 0.6) is 0 Å². The van der Waals surface area contributed by atoms with Crippen LogP contribution in [0.25, 0.3) is 11.2 Å². The van der Waals surface area contributed by atoms with Crippen LogP contribution < -0.4 is 10.6 Å². The Morgan fingerprint density at radius 1 is 1.33 bits per heavy atom. The molecule has 7 heteroatoms. The Morgan fingerprint density at radius 3 is 3.10 bits per heavy atom. The summed E-state index contributed by atoms with van der Waals surface area (Å²) in [7, 11) is 0. The summed E-state index contributed by atoms with van der Waals surface area (Å²) in [5.41, 5.74) is 1.60. The van der Waals surface area contributed by atoms with Crippen molar-refractivity contribution >= 4 is 34.7 Å². The van der Waals surface area contributed by atoms with Gasteiger partial charge in [-0.3, -0.25) is 0 Å². The maximum absolute atomic E-state index is 4.58. The monoisotopic (exact) mass is 306 g/mol. The van der Waals surface area contributed by atoms with Gasteiger partial charge in [0.15, 0.2) is 11.5 Å². The lowest BCUT2D eigenvalue weighted by atomic mass is 10.2. The highest BCUT2D eigenvalue weighted by Gasteiger charge is 2.15. The Morgan fingerprint density at radius 2 is 2.29 bits per heavy atom. The van der Waals surface area contributed by atoms with E-state index in [4.69, 9.17) is 0 Å². The van der Waals surface area contributed by atoms with E-state index in [0.717, 1.165) is 30.8 Å². The van der Waals surface area contributed by atoms with Crippen LogP contribution in [-0.2, 0) is 0 Å². The molecule has 3 rings (SSSR count). The molecule has 3 N–H and O–H groups in total.